The Balaban J connectivity index is 1.66. The monoisotopic (exact) mass is 494 g/mol. The first-order valence-electron chi connectivity index (χ1n) is 10.2. The number of H-pyrrole nitrogens is 2. The van der Waals surface area contributed by atoms with Gasteiger partial charge in [-0.2, -0.15) is 5.10 Å². The molecule has 1 aliphatic heterocycles. The van der Waals surface area contributed by atoms with E-state index < -0.39 is 42.3 Å². The molecule has 1 aliphatic rings. The molecular weight excluding hydrogens is 479 g/mol. The van der Waals surface area contributed by atoms with Crippen LogP contribution in [0.2, 0.25) is 0 Å². The molecular formula is C22H15F5N4O4. The maximum atomic E-state index is 14.0. The van der Waals surface area contributed by atoms with Crippen molar-refractivity contribution in [1.82, 2.24) is 20.1 Å². The number of para-hydroxylation sites is 1. The highest BCUT2D eigenvalue weighted by atomic mass is 19.4. The molecule has 3 heterocycles. The van der Waals surface area contributed by atoms with E-state index >= 15 is 0 Å². The predicted molar refractivity (Wildman–Crippen MR) is 111 cm³/mol. The average molecular weight is 494 g/mol. The summed E-state index contributed by atoms with van der Waals surface area (Å²) in [4.78, 5) is 28.2. The number of fused-ring (bicyclic) bond motifs is 2. The zero-order valence-electron chi connectivity index (χ0n) is 17.7. The molecule has 0 spiro atoms. The molecule has 0 bridgehead atoms. The summed E-state index contributed by atoms with van der Waals surface area (Å²) >= 11 is 0. The number of benzene rings is 2. The number of hydrogen-bond donors (Lipinski definition) is 2. The standard InChI is InChI=1S/C22H15F5N4O4/c1-21(23,24)9-31-17(10-5-7-11(8-6-10)35-22(25,26)27)14-15(29-30-16(14)19(31)32)12-3-2-4-13-18(12)34-20(33)28-13/h2-8,17H,9H2,1H3,(H,28,33)(H,29,30). The van der Waals surface area contributed by atoms with Gasteiger partial charge >= 0.3 is 12.1 Å². The number of carbonyl (C=O) groups excluding carboxylic acids is 1. The Morgan fingerprint density at radius 2 is 1.80 bits per heavy atom. The predicted octanol–water partition coefficient (Wildman–Crippen LogP) is 4.61. The summed E-state index contributed by atoms with van der Waals surface area (Å²) in [6, 6.07) is 8.22. The number of nitrogens with zero attached hydrogens (tertiary/aromatic N) is 2. The van der Waals surface area contributed by atoms with Gasteiger partial charge in [0.15, 0.2) is 5.58 Å². The minimum Gasteiger partial charge on any atom is -0.407 e. The molecule has 0 aliphatic carbocycles. The smallest absolute Gasteiger partial charge is 0.407 e. The molecule has 8 nitrogen and oxygen atoms in total. The number of ether oxygens (including phenoxy) is 1. The Bertz CT molecular complexity index is 1480. The number of oxazole rings is 1. The van der Waals surface area contributed by atoms with Crippen LogP contribution >= 0.6 is 0 Å². The lowest BCUT2D eigenvalue weighted by Crippen LogP contribution is -2.38. The van der Waals surface area contributed by atoms with Crippen LogP contribution in [0.1, 0.15) is 34.6 Å². The zero-order valence-corrected chi connectivity index (χ0v) is 17.7. The molecule has 0 radical (unpaired) electrons. The lowest BCUT2D eigenvalue weighted by Gasteiger charge is -2.28. The normalized spacial score (nSPS) is 16.2. The van der Waals surface area contributed by atoms with E-state index in [1.807, 2.05) is 0 Å². The maximum Gasteiger partial charge on any atom is 0.573 e. The van der Waals surface area contributed by atoms with E-state index in [-0.39, 0.29) is 28.1 Å². The number of alkyl halides is 5. The summed E-state index contributed by atoms with van der Waals surface area (Å²) in [5.41, 5.74) is 1.41. The fourth-order valence-electron chi connectivity index (χ4n) is 4.22. The average Bonchev–Trinajstić information content (AvgIpc) is 3.40. The van der Waals surface area contributed by atoms with Crippen molar-refractivity contribution in [3.8, 4) is 17.0 Å². The molecule has 2 aromatic heterocycles. The molecule has 1 amide bonds. The number of hydrogen-bond acceptors (Lipinski definition) is 5. The van der Waals surface area contributed by atoms with Crippen molar-refractivity contribution in [2.24, 2.45) is 0 Å². The first-order chi connectivity index (χ1) is 16.4. The molecule has 0 saturated heterocycles. The van der Waals surface area contributed by atoms with Crippen LogP contribution in [-0.4, -0.2) is 44.8 Å². The van der Waals surface area contributed by atoms with Crippen LogP contribution < -0.4 is 10.5 Å². The van der Waals surface area contributed by atoms with E-state index in [2.05, 4.69) is 19.9 Å². The molecule has 0 saturated carbocycles. The van der Waals surface area contributed by atoms with Crippen LogP contribution in [0, 0.1) is 0 Å². The van der Waals surface area contributed by atoms with Crippen molar-refractivity contribution in [1.29, 1.82) is 0 Å². The molecule has 182 valence electrons. The Labute approximate surface area is 192 Å². The Kier molecular flexibility index (Phi) is 4.97. The van der Waals surface area contributed by atoms with Crippen molar-refractivity contribution in [2.75, 3.05) is 6.54 Å². The largest absolute Gasteiger partial charge is 0.573 e. The quantitative estimate of drug-likeness (QED) is 0.395. The van der Waals surface area contributed by atoms with E-state index in [1.165, 1.54) is 12.1 Å². The molecule has 13 heteroatoms. The van der Waals surface area contributed by atoms with Crippen LogP contribution in [0.3, 0.4) is 0 Å². The van der Waals surface area contributed by atoms with E-state index in [1.54, 1.807) is 18.2 Å². The molecule has 35 heavy (non-hydrogen) atoms. The molecule has 5 rings (SSSR count). The van der Waals surface area contributed by atoms with Crippen LogP contribution in [0.5, 0.6) is 5.75 Å². The third kappa shape index (κ3) is 4.13. The van der Waals surface area contributed by atoms with Gasteiger partial charge in [0.25, 0.3) is 11.8 Å². The second-order valence-corrected chi connectivity index (χ2v) is 8.08. The topological polar surface area (TPSA) is 104 Å². The Morgan fingerprint density at radius 1 is 1.09 bits per heavy atom. The number of halogens is 5. The van der Waals surface area contributed by atoms with Crippen molar-refractivity contribution in [3.63, 3.8) is 0 Å². The van der Waals surface area contributed by atoms with Crippen molar-refractivity contribution >= 4 is 17.0 Å². The number of carbonyl (C=O) groups is 1. The first kappa shape index (κ1) is 22.6. The highest BCUT2D eigenvalue weighted by molar-refractivity contribution is 6.01. The third-order valence-electron chi connectivity index (χ3n) is 5.44. The van der Waals surface area contributed by atoms with E-state index in [9.17, 15) is 31.5 Å². The molecule has 1 atom stereocenters. The molecule has 1 unspecified atom stereocenters. The SMILES string of the molecule is CC(F)(F)CN1C(=O)c2[nH]nc(-c3cccc4[nH]c(=O)oc34)c2C1c1ccc(OC(F)(F)F)cc1. The Hall–Kier alpha value is -4.16. The van der Waals surface area contributed by atoms with Crippen molar-refractivity contribution in [3.05, 3.63) is 69.8 Å². The van der Waals surface area contributed by atoms with Crippen LogP contribution in [0.25, 0.3) is 22.4 Å². The van der Waals surface area contributed by atoms with Gasteiger partial charge in [-0.15, -0.1) is 13.2 Å². The van der Waals surface area contributed by atoms with Gasteiger partial charge in [-0.1, -0.05) is 18.2 Å². The van der Waals surface area contributed by atoms with Gasteiger partial charge in [-0.05, 0) is 29.8 Å². The molecule has 2 aromatic carbocycles. The second-order valence-electron chi connectivity index (χ2n) is 8.08. The van der Waals surface area contributed by atoms with E-state index in [0.29, 0.717) is 18.0 Å². The number of aromatic nitrogens is 3. The molecule has 2 N–H and O–H groups in total. The molecule has 0 fully saturated rings. The van der Waals surface area contributed by atoms with Crippen LogP contribution in [0.15, 0.2) is 51.7 Å². The lowest BCUT2D eigenvalue weighted by atomic mass is 9.95. The van der Waals surface area contributed by atoms with Gasteiger partial charge in [0.2, 0.25) is 0 Å². The van der Waals surface area contributed by atoms with E-state index in [4.69, 9.17) is 4.42 Å². The van der Waals surface area contributed by atoms with Crippen molar-refractivity contribution in [2.45, 2.75) is 25.3 Å². The summed E-state index contributed by atoms with van der Waals surface area (Å²) in [5, 5.41) is 6.76. The number of rotatable bonds is 5. The fourth-order valence-corrected chi connectivity index (χ4v) is 4.22. The zero-order chi connectivity index (χ0) is 25.1. The second kappa shape index (κ2) is 7.68. The first-order valence-corrected chi connectivity index (χ1v) is 10.2. The van der Waals surface area contributed by atoms with Crippen LogP contribution in [0.4, 0.5) is 22.0 Å². The minimum absolute atomic E-state index is 0.0558. The summed E-state index contributed by atoms with van der Waals surface area (Å²) in [6.07, 6.45) is -4.91. The summed E-state index contributed by atoms with van der Waals surface area (Å²) in [6.45, 7) is -0.304. The van der Waals surface area contributed by atoms with Crippen LogP contribution in [-0.2, 0) is 0 Å². The van der Waals surface area contributed by atoms with Gasteiger partial charge < -0.3 is 14.1 Å². The van der Waals surface area contributed by atoms with Crippen molar-refractivity contribution < 1.29 is 35.9 Å². The van der Waals surface area contributed by atoms with E-state index in [0.717, 1.165) is 17.0 Å². The fraction of sp³-hybridized carbons (Fsp3) is 0.227. The van der Waals surface area contributed by atoms with Gasteiger partial charge in [-0.3, -0.25) is 14.9 Å². The number of amides is 1. The van der Waals surface area contributed by atoms with Gasteiger partial charge in [0.1, 0.15) is 17.1 Å². The van der Waals surface area contributed by atoms with Gasteiger partial charge in [0.05, 0.1) is 18.1 Å². The highest BCUT2D eigenvalue weighted by Gasteiger charge is 2.45. The summed E-state index contributed by atoms with van der Waals surface area (Å²) < 4.78 is 74.8. The molecule has 4 aromatic rings. The number of aromatic amines is 2. The maximum absolute atomic E-state index is 14.0. The van der Waals surface area contributed by atoms with Gasteiger partial charge in [-0.25, -0.2) is 13.6 Å². The lowest BCUT2D eigenvalue weighted by molar-refractivity contribution is -0.274. The minimum atomic E-state index is -4.91. The Morgan fingerprint density at radius 3 is 2.46 bits per heavy atom. The third-order valence-corrected chi connectivity index (χ3v) is 5.44. The number of nitrogens with one attached hydrogen (secondary N) is 2. The summed E-state index contributed by atoms with van der Waals surface area (Å²) in [5.74, 6) is -5.26. The van der Waals surface area contributed by atoms with Gasteiger partial charge in [0, 0.05) is 18.1 Å². The highest BCUT2D eigenvalue weighted by Crippen LogP contribution is 2.45. The summed E-state index contributed by atoms with van der Waals surface area (Å²) in [7, 11) is 0.